The molecule has 0 aliphatic rings. The van der Waals surface area contributed by atoms with Crippen LogP contribution in [0.1, 0.15) is 5.69 Å². The molecule has 112 valence electrons. The Hall–Kier alpha value is -2.70. The fraction of sp³-hybridized carbons (Fsp3) is 0.125. The maximum atomic E-state index is 9.23. The van der Waals surface area contributed by atoms with Gasteiger partial charge in [-0.3, -0.25) is 9.67 Å². The van der Waals surface area contributed by atoms with E-state index in [1.165, 1.54) is 0 Å². The molecule has 3 N–H and O–H groups in total. The Bertz CT molecular complexity index is 756. The highest BCUT2D eigenvalue weighted by Crippen LogP contribution is 2.31. The number of hydrogen-bond donors (Lipinski definition) is 2. The maximum absolute atomic E-state index is 9.23. The number of nitrogens with two attached hydrogens (primary N) is 1. The van der Waals surface area contributed by atoms with Gasteiger partial charge in [-0.05, 0) is 24.3 Å². The van der Waals surface area contributed by atoms with Gasteiger partial charge in [-0.15, -0.1) is 0 Å². The minimum atomic E-state index is 0.383. The molecular formula is C16H17N4O2+. The van der Waals surface area contributed by atoms with Crippen molar-refractivity contribution in [2.45, 2.75) is 6.61 Å². The number of hydrogen-bond acceptors (Lipinski definition) is 4. The monoisotopic (exact) mass is 297 g/mol. The average molecular weight is 297 g/mol. The summed E-state index contributed by atoms with van der Waals surface area (Å²) < 4.78 is 7.67. The summed E-state index contributed by atoms with van der Waals surface area (Å²) in [6.45, 7) is 0.383. The smallest absolute Gasteiger partial charge is 0.162 e. The predicted molar refractivity (Wildman–Crippen MR) is 80.6 cm³/mol. The summed E-state index contributed by atoms with van der Waals surface area (Å²) in [4.78, 5) is 4.25. The van der Waals surface area contributed by atoms with Crippen LogP contribution >= 0.6 is 0 Å². The first kappa shape index (κ1) is 14.2. The van der Waals surface area contributed by atoms with Gasteiger partial charge in [0.05, 0.1) is 11.4 Å². The lowest BCUT2D eigenvalue weighted by molar-refractivity contribution is -0.825. The van der Waals surface area contributed by atoms with Crippen molar-refractivity contribution >= 4 is 5.69 Å². The van der Waals surface area contributed by atoms with Crippen LogP contribution in [-0.2, 0) is 13.7 Å². The molecule has 6 heteroatoms. The van der Waals surface area contributed by atoms with Gasteiger partial charge in [0.25, 0.3) is 0 Å². The number of rotatable bonds is 5. The zero-order valence-corrected chi connectivity index (χ0v) is 12.2. The van der Waals surface area contributed by atoms with Crippen LogP contribution in [0.5, 0.6) is 5.75 Å². The fourth-order valence-corrected chi connectivity index (χ4v) is 2.23. The first-order chi connectivity index (χ1) is 10.8. The normalized spacial score (nSPS) is 10.6. The highest BCUT2D eigenvalue weighted by atomic mass is 16.5. The van der Waals surface area contributed by atoms with E-state index >= 15 is 0 Å². The number of aryl methyl sites for hydroxylation is 1. The van der Waals surface area contributed by atoms with Crippen LogP contribution in [0.4, 0.5) is 5.69 Å². The second kappa shape index (κ2) is 6.38. The highest BCUT2D eigenvalue weighted by Gasteiger charge is 2.13. The molecule has 22 heavy (non-hydrogen) atoms. The Kier molecular flexibility index (Phi) is 4.13. The van der Waals surface area contributed by atoms with Gasteiger partial charge in [0.1, 0.15) is 12.4 Å². The third-order valence-electron chi connectivity index (χ3n) is 3.35. The zero-order chi connectivity index (χ0) is 15.4. The molecule has 0 fully saturated rings. The summed E-state index contributed by atoms with van der Waals surface area (Å²) in [6, 6.07) is 13.1. The molecule has 0 amide bonds. The summed E-state index contributed by atoms with van der Waals surface area (Å²) in [5, 5.41) is 13.4. The molecule has 0 bridgehead atoms. The summed E-state index contributed by atoms with van der Waals surface area (Å²) in [5.74, 6) is 0.722. The summed E-state index contributed by atoms with van der Waals surface area (Å²) >= 11 is 0. The summed E-state index contributed by atoms with van der Waals surface area (Å²) in [5.41, 5.74) is 4.43. The molecule has 0 spiro atoms. The van der Waals surface area contributed by atoms with Crippen molar-refractivity contribution < 1.29 is 15.4 Å². The second-order valence-electron chi connectivity index (χ2n) is 4.83. The van der Waals surface area contributed by atoms with Gasteiger partial charge < -0.3 is 4.74 Å². The average Bonchev–Trinajstić information content (AvgIpc) is 2.99. The molecule has 0 saturated carbocycles. The minimum Gasteiger partial charge on any atom is -0.487 e. The third-order valence-corrected chi connectivity index (χ3v) is 3.35. The second-order valence-corrected chi connectivity index (χ2v) is 4.83. The Morgan fingerprint density at radius 2 is 2.09 bits per heavy atom. The SMILES string of the molecule is Cn1nccc1-c1cc([NH2+]O)ccc1OCc1ccccn1. The highest BCUT2D eigenvalue weighted by molar-refractivity contribution is 5.70. The molecule has 0 unspecified atom stereocenters. The number of nitrogens with zero attached hydrogens (tertiary/aromatic N) is 3. The largest absolute Gasteiger partial charge is 0.487 e. The van der Waals surface area contributed by atoms with E-state index in [4.69, 9.17) is 4.74 Å². The van der Waals surface area contributed by atoms with E-state index < -0.39 is 0 Å². The Labute approximate surface area is 128 Å². The first-order valence-electron chi connectivity index (χ1n) is 6.90. The van der Waals surface area contributed by atoms with E-state index in [2.05, 4.69) is 10.1 Å². The molecule has 0 saturated heterocycles. The molecular weight excluding hydrogens is 280 g/mol. The van der Waals surface area contributed by atoms with Crippen LogP contribution in [0, 0.1) is 0 Å². The number of pyridine rings is 1. The molecule has 0 aliphatic carbocycles. The van der Waals surface area contributed by atoms with Crippen molar-refractivity contribution in [3.63, 3.8) is 0 Å². The van der Waals surface area contributed by atoms with Crippen LogP contribution in [0.2, 0.25) is 0 Å². The quantitative estimate of drug-likeness (QED) is 0.554. The molecule has 0 aliphatic heterocycles. The van der Waals surface area contributed by atoms with Crippen molar-refractivity contribution in [3.05, 3.63) is 60.6 Å². The van der Waals surface area contributed by atoms with Crippen LogP contribution in [-0.4, -0.2) is 20.0 Å². The number of benzene rings is 1. The van der Waals surface area contributed by atoms with Crippen LogP contribution in [0.25, 0.3) is 11.3 Å². The molecule has 2 aromatic heterocycles. The van der Waals surface area contributed by atoms with Crippen LogP contribution in [0.15, 0.2) is 54.9 Å². The molecule has 6 nitrogen and oxygen atoms in total. The van der Waals surface area contributed by atoms with E-state index in [-0.39, 0.29) is 0 Å². The van der Waals surface area contributed by atoms with Crippen molar-refractivity contribution in [3.8, 4) is 17.0 Å². The Balaban J connectivity index is 1.92. The van der Waals surface area contributed by atoms with Gasteiger partial charge in [-0.2, -0.15) is 10.6 Å². The molecule has 0 radical (unpaired) electrons. The van der Waals surface area contributed by atoms with Crippen LogP contribution < -0.4 is 10.2 Å². The lowest BCUT2D eigenvalue weighted by Gasteiger charge is -2.12. The zero-order valence-electron chi connectivity index (χ0n) is 12.2. The first-order valence-corrected chi connectivity index (χ1v) is 6.90. The number of quaternary nitrogens is 1. The van der Waals surface area contributed by atoms with Gasteiger partial charge in [-0.25, -0.2) is 5.21 Å². The van der Waals surface area contributed by atoms with E-state index in [1.807, 2.05) is 43.4 Å². The van der Waals surface area contributed by atoms with E-state index in [0.29, 0.717) is 12.3 Å². The van der Waals surface area contributed by atoms with Crippen molar-refractivity contribution in [2.24, 2.45) is 7.05 Å². The topological polar surface area (TPSA) is 76.8 Å². The Morgan fingerprint density at radius 1 is 1.18 bits per heavy atom. The molecule has 3 aromatic rings. The molecule has 0 atom stereocenters. The van der Waals surface area contributed by atoms with Crippen molar-refractivity contribution in [2.75, 3.05) is 0 Å². The lowest BCUT2D eigenvalue weighted by atomic mass is 10.1. The summed E-state index contributed by atoms with van der Waals surface area (Å²) in [6.07, 6.45) is 3.47. The van der Waals surface area contributed by atoms with Gasteiger partial charge in [0.2, 0.25) is 0 Å². The van der Waals surface area contributed by atoms with E-state index in [1.54, 1.807) is 23.1 Å². The van der Waals surface area contributed by atoms with Gasteiger partial charge >= 0.3 is 0 Å². The third kappa shape index (κ3) is 2.98. The fourth-order valence-electron chi connectivity index (χ4n) is 2.23. The molecule has 2 heterocycles. The molecule has 3 rings (SSSR count). The minimum absolute atomic E-state index is 0.383. The summed E-state index contributed by atoms with van der Waals surface area (Å²) in [7, 11) is 1.87. The molecule has 1 aromatic carbocycles. The van der Waals surface area contributed by atoms with Gasteiger partial charge in [-0.1, -0.05) is 6.07 Å². The van der Waals surface area contributed by atoms with Gasteiger partial charge in [0, 0.05) is 37.1 Å². The Morgan fingerprint density at radius 3 is 2.77 bits per heavy atom. The van der Waals surface area contributed by atoms with Crippen molar-refractivity contribution in [1.29, 1.82) is 0 Å². The lowest BCUT2D eigenvalue weighted by Crippen LogP contribution is -2.73. The van der Waals surface area contributed by atoms with E-state index in [9.17, 15) is 5.21 Å². The number of aromatic nitrogens is 3. The van der Waals surface area contributed by atoms with Crippen molar-refractivity contribution in [1.82, 2.24) is 14.8 Å². The standard InChI is InChI=1S/C16H16N4O2/c1-20-15(7-9-18-20)14-10-12(19-21)5-6-16(14)22-11-13-4-2-3-8-17-13/h2-10,19,21H,11H2,1H3/p+1. The number of ether oxygens (including phenoxy) is 1. The van der Waals surface area contributed by atoms with Crippen LogP contribution in [0.3, 0.4) is 0 Å². The van der Waals surface area contributed by atoms with Gasteiger partial charge in [0.15, 0.2) is 5.69 Å². The maximum Gasteiger partial charge on any atom is 0.162 e. The van der Waals surface area contributed by atoms with E-state index in [0.717, 1.165) is 28.2 Å². The predicted octanol–water partition coefficient (Wildman–Crippen LogP) is 1.65.